The van der Waals surface area contributed by atoms with Crippen LogP contribution in [0.1, 0.15) is 24.0 Å². The molecule has 0 atom stereocenters. The Morgan fingerprint density at radius 3 is 1.96 bits per heavy atom. The Kier molecular flexibility index (Phi) is 4.54. The maximum Gasteiger partial charge on any atom is -0.0102 e. The van der Waals surface area contributed by atoms with Gasteiger partial charge in [0.05, 0.1) is 0 Å². The minimum atomic E-state index is 1.25. The van der Waals surface area contributed by atoms with Crippen molar-refractivity contribution in [1.29, 1.82) is 0 Å². The molecular formula is C28H24. The summed E-state index contributed by atoms with van der Waals surface area (Å²) in [4.78, 5) is 0. The van der Waals surface area contributed by atoms with Gasteiger partial charge in [0.15, 0.2) is 0 Å². The van der Waals surface area contributed by atoms with E-state index < -0.39 is 0 Å². The quantitative estimate of drug-likeness (QED) is 0.249. The van der Waals surface area contributed by atoms with Crippen LogP contribution < -0.4 is 0 Å². The van der Waals surface area contributed by atoms with Gasteiger partial charge in [0, 0.05) is 0 Å². The third kappa shape index (κ3) is 3.16. The van der Waals surface area contributed by atoms with Crippen molar-refractivity contribution in [2.24, 2.45) is 0 Å². The topological polar surface area (TPSA) is 0 Å². The average molecular weight is 360 g/mol. The number of hydrogen-bond donors (Lipinski definition) is 0. The summed E-state index contributed by atoms with van der Waals surface area (Å²) in [7, 11) is 0. The summed E-state index contributed by atoms with van der Waals surface area (Å²) in [6, 6.07) is 34.7. The highest BCUT2D eigenvalue weighted by atomic mass is 14.2. The molecule has 0 N–H and O–H groups in total. The minimum Gasteiger partial charge on any atom is -0.0622 e. The zero-order chi connectivity index (χ0) is 18.8. The Bertz CT molecular complexity index is 1190. The normalized spacial score (nSPS) is 13.1. The van der Waals surface area contributed by atoms with E-state index in [1.165, 1.54) is 58.4 Å². The number of fused-ring (bicyclic) bond motifs is 6. The lowest BCUT2D eigenvalue weighted by Crippen LogP contribution is -2.02. The lowest BCUT2D eigenvalue weighted by Gasteiger charge is -2.18. The molecule has 3 aromatic carbocycles. The fourth-order valence-corrected chi connectivity index (χ4v) is 4.48. The van der Waals surface area contributed by atoms with Crippen LogP contribution in [0.2, 0.25) is 0 Å². The van der Waals surface area contributed by atoms with Crippen molar-refractivity contribution in [3.05, 3.63) is 108 Å². The van der Waals surface area contributed by atoms with Gasteiger partial charge < -0.3 is 0 Å². The Morgan fingerprint density at radius 1 is 0.429 bits per heavy atom. The van der Waals surface area contributed by atoms with Crippen LogP contribution in [0.5, 0.6) is 0 Å². The molecule has 0 aliphatic heterocycles. The van der Waals surface area contributed by atoms with Crippen molar-refractivity contribution < 1.29 is 0 Å². The Morgan fingerprint density at radius 2 is 1.11 bits per heavy atom. The molecule has 6 rings (SSSR count). The highest BCUT2D eigenvalue weighted by molar-refractivity contribution is 6.08. The van der Waals surface area contributed by atoms with Crippen molar-refractivity contribution >= 4 is 21.5 Å². The van der Waals surface area contributed by atoms with E-state index in [0.29, 0.717) is 0 Å². The number of aryl methyl sites for hydroxylation is 2. The van der Waals surface area contributed by atoms with Gasteiger partial charge in [-0.15, -0.1) is 0 Å². The monoisotopic (exact) mass is 360 g/mol. The third-order valence-electron chi connectivity index (χ3n) is 5.92. The second-order valence-electron chi connectivity index (χ2n) is 7.64. The van der Waals surface area contributed by atoms with Gasteiger partial charge >= 0.3 is 0 Å². The van der Waals surface area contributed by atoms with Crippen LogP contribution in [0.25, 0.3) is 32.7 Å². The Hall–Kier alpha value is -3.12. The predicted molar refractivity (Wildman–Crippen MR) is 121 cm³/mol. The molecule has 3 aliphatic rings. The van der Waals surface area contributed by atoms with Gasteiger partial charge in [-0.2, -0.15) is 0 Å². The van der Waals surface area contributed by atoms with E-state index in [9.17, 15) is 0 Å². The third-order valence-corrected chi connectivity index (χ3v) is 5.92. The minimum absolute atomic E-state index is 1.25. The van der Waals surface area contributed by atoms with Gasteiger partial charge in [-0.3, -0.25) is 0 Å². The lowest BCUT2D eigenvalue weighted by atomic mass is 9.86. The van der Waals surface area contributed by atoms with Crippen LogP contribution in [0, 0.1) is 0 Å². The van der Waals surface area contributed by atoms with E-state index in [4.69, 9.17) is 0 Å². The van der Waals surface area contributed by atoms with Crippen molar-refractivity contribution in [2.75, 3.05) is 0 Å². The van der Waals surface area contributed by atoms with Gasteiger partial charge in [0.1, 0.15) is 0 Å². The molecule has 0 fully saturated rings. The number of benzene rings is 3. The molecule has 0 aromatic heterocycles. The summed E-state index contributed by atoms with van der Waals surface area (Å²) in [5, 5.41) is 5.64. The Balaban J connectivity index is 0.000000145. The van der Waals surface area contributed by atoms with E-state index in [-0.39, 0.29) is 0 Å². The van der Waals surface area contributed by atoms with E-state index in [1.54, 1.807) is 11.1 Å². The Labute approximate surface area is 166 Å². The van der Waals surface area contributed by atoms with Crippen LogP contribution in [0.15, 0.2) is 97.1 Å². The molecule has 28 heavy (non-hydrogen) atoms. The first-order valence-corrected chi connectivity index (χ1v) is 10.3. The molecule has 0 nitrogen and oxygen atoms in total. The fourth-order valence-electron chi connectivity index (χ4n) is 4.48. The van der Waals surface area contributed by atoms with Crippen LogP contribution in [0.4, 0.5) is 0 Å². The van der Waals surface area contributed by atoms with Crippen LogP contribution in [-0.4, -0.2) is 0 Å². The molecule has 0 radical (unpaired) electrons. The zero-order valence-corrected chi connectivity index (χ0v) is 16.1. The first kappa shape index (κ1) is 17.0. The van der Waals surface area contributed by atoms with Gasteiger partial charge in [0.2, 0.25) is 0 Å². The summed E-state index contributed by atoms with van der Waals surface area (Å²) in [6.45, 7) is 0. The second kappa shape index (κ2) is 7.48. The molecule has 0 saturated carbocycles. The van der Waals surface area contributed by atoms with Crippen molar-refractivity contribution in [3.63, 3.8) is 0 Å². The van der Waals surface area contributed by atoms with Gasteiger partial charge in [0.25, 0.3) is 0 Å². The lowest BCUT2D eigenvalue weighted by molar-refractivity contribution is 0.690. The summed E-state index contributed by atoms with van der Waals surface area (Å²) < 4.78 is 0. The molecule has 0 saturated heterocycles. The van der Waals surface area contributed by atoms with E-state index >= 15 is 0 Å². The summed E-state index contributed by atoms with van der Waals surface area (Å²) in [5.41, 5.74) is 5.79. The maximum atomic E-state index is 2.35. The SMILES string of the molecule is c1ccc2c(c1)ccc1c3c(ccc12)CCCC3.c1ccc2cccc-2cc1. The first-order valence-electron chi connectivity index (χ1n) is 10.3. The summed E-state index contributed by atoms with van der Waals surface area (Å²) >= 11 is 0. The molecule has 3 aromatic rings. The second-order valence-corrected chi connectivity index (χ2v) is 7.64. The molecular weight excluding hydrogens is 336 g/mol. The molecule has 0 spiro atoms. The molecule has 0 unspecified atom stereocenters. The number of hydrogen-bond acceptors (Lipinski definition) is 0. The van der Waals surface area contributed by atoms with Crippen molar-refractivity contribution in [3.8, 4) is 11.1 Å². The molecule has 0 bridgehead atoms. The van der Waals surface area contributed by atoms with Crippen LogP contribution in [0.3, 0.4) is 0 Å². The van der Waals surface area contributed by atoms with Crippen molar-refractivity contribution in [2.45, 2.75) is 25.7 Å². The largest absolute Gasteiger partial charge is 0.0622 e. The first-order chi connectivity index (χ1) is 13.9. The van der Waals surface area contributed by atoms with Crippen molar-refractivity contribution in [1.82, 2.24) is 0 Å². The van der Waals surface area contributed by atoms with Gasteiger partial charge in [-0.25, -0.2) is 0 Å². The molecule has 0 amide bonds. The zero-order valence-electron chi connectivity index (χ0n) is 16.1. The number of rotatable bonds is 0. The standard InChI is InChI=1S/C18H16.C10H8/c1-3-7-15-13(5-1)9-11-18-16-8-4-2-6-14(16)10-12-17(15)18;1-2-5-9-7-4-8-10(9)6-3-1/h1,3,5,7,9-12H,2,4,6,8H2;1-8H. The maximum absolute atomic E-state index is 2.35. The summed E-state index contributed by atoms with van der Waals surface area (Å²) in [6.07, 6.45) is 5.22. The predicted octanol–water partition coefficient (Wildman–Crippen LogP) is 7.66. The van der Waals surface area contributed by atoms with E-state index in [1.807, 2.05) is 6.07 Å². The highest BCUT2D eigenvalue weighted by Crippen LogP contribution is 2.33. The fraction of sp³-hybridized carbons (Fsp3) is 0.143. The smallest absolute Gasteiger partial charge is 0.0102 e. The molecule has 0 heterocycles. The molecule has 0 heteroatoms. The van der Waals surface area contributed by atoms with Gasteiger partial charge in [-0.05, 0) is 69.5 Å². The molecule has 3 aliphatic carbocycles. The summed E-state index contributed by atoms with van der Waals surface area (Å²) in [5.74, 6) is 0. The highest BCUT2D eigenvalue weighted by Gasteiger charge is 2.13. The van der Waals surface area contributed by atoms with Gasteiger partial charge in [-0.1, -0.05) is 97.1 Å². The van der Waals surface area contributed by atoms with E-state index in [0.717, 1.165) is 0 Å². The van der Waals surface area contributed by atoms with Crippen LogP contribution >= 0.6 is 0 Å². The molecule has 136 valence electrons. The average Bonchev–Trinajstić information content (AvgIpc) is 3.09. The van der Waals surface area contributed by atoms with Crippen LogP contribution in [-0.2, 0) is 12.8 Å². The van der Waals surface area contributed by atoms with E-state index in [2.05, 4.69) is 91.0 Å².